The van der Waals surface area contributed by atoms with Gasteiger partial charge in [-0.15, -0.1) is 0 Å². The molecule has 2 aliphatic carbocycles. The highest BCUT2D eigenvalue weighted by molar-refractivity contribution is 5.80. The third kappa shape index (κ3) is 1.14. The predicted molar refractivity (Wildman–Crippen MR) is 61.2 cm³/mol. The van der Waals surface area contributed by atoms with Gasteiger partial charge in [-0.2, -0.15) is 0 Å². The molecule has 4 aliphatic rings. The molecule has 2 saturated heterocycles. The number of epoxide rings is 1. The van der Waals surface area contributed by atoms with Crippen LogP contribution in [0.1, 0.15) is 33.1 Å². The van der Waals surface area contributed by atoms with Gasteiger partial charge in [0.25, 0.3) is 0 Å². The lowest BCUT2D eigenvalue weighted by molar-refractivity contribution is -0.151. The van der Waals surface area contributed by atoms with Gasteiger partial charge in [-0.1, -0.05) is 13.3 Å². The Labute approximate surface area is 102 Å². The zero-order valence-corrected chi connectivity index (χ0v) is 10.5. The summed E-state index contributed by atoms with van der Waals surface area (Å²) in [6, 6.07) is 0. The molecule has 94 valence electrons. The lowest BCUT2D eigenvalue weighted by atomic mass is 9.53. The normalized spacial score (nSPS) is 60.0. The summed E-state index contributed by atoms with van der Waals surface area (Å²) in [6.45, 7) is 5.06. The topological polar surface area (TPSA) is 38.8 Å². The Kier molecular flexibility index (Phi) is 1.86. The van der Waals surface area contributed by atoms with Gasteiger partial charge in [0.05, 0.1) is 24.2 Å². The van der Waals surface area contributed by atoms with Crippen LogP contribution >= 0.6 is 0 Å². The number of cyclic esters (lactones) is 1. The average molecular weight is 236 g/mol. The van der Waals surface area contributed by atoms with Gasteiger partial charge in [-0.25, -0.2) is 0 Å². The van der Waals surface area contributed by atoms with E-state index >= 15 is 0 Å². The van der Waals surface area contributed by atoms with Crippen molar-refractivity contribution in [3.63, 3.8) is 0 Å². The van der Waals surface area contributed by atoms with E-state index in [-0.39, 0.29) is 11.4 Å². The van der Waals surface area contributed by atoms with Crippen LogP contribution in [-0.4, -0.2) is 24.8 Å². The second-order valence-corrected chi connectivity index (χ2v) is 6.74. The molecule has 0 radical (unpaired) electrons. The van der Waals surface area contributed by atoms with Crippen molar-refractivity contribution in [2.75, 3.05) is 6.61 Å². The van der Waals surface area contributed by atoms with Gasteiger partial charge < -0.3 is 9.47 Å². The van der Waals surface area contributed by atoms with E-state index in [2.05, 4.69) is 13.8 Å². The van der Waals surface area contributed by atoms with Gasteiger partial charge in [0.15, 0.2) is 0 Å². The molecule has 0 amide bonds. The number of ether oxygens (including phenoxy) is 2. The molecule has 0 N–H and O–H groups in total. The van der Waals surface area contributed by atoms with Crippen LogP contribution in [0.2, 0.25) is 0 Å². The number of fused-ring (bicyclic) bond motifs is 6. The SMILES string of the molecule is C[C@H]1CC[C@H]2[C@H](C1)[C@@H]1O[C@@H]1[C@@H]1COC(=O)[C@]21C. The summed E-state index contributed by atoms with van der Waals surface area (Å²) in [6.07, 6.45) is 4.43. The van der Waals surface area contributed by atoms with E-state index in [1.807, 2.05) is 0 Å². The molecular weight excluding hydrogens is 216 g/mol. The largest absolute Gasteiger partial charge is 0.465 e. The Morgan fingerprint density at radius 3 is 2.88 bits per heavy atom. The zero-order valence-electron chi connectivity index (χ0n) is 10.5. The van der Waals surface area contributed by atoms with E-state index in [0.29, 0.717) is 36.6 Å². The first-order chi connectivity index (χ1) is 8.12. The maximum Gasteiger partial charge on any atom is 0.312 e. The zero-order chi connectivity index (χ0) is 11.8. The maximum absolute atomic E-state index is 12.2. The molecule has 3 heteroatoms. The van der Waals surface area contributed by atoms with E-state index in [9.17, 15) is 4.79 Å². The van der Waals surface area contributed by atoms with E-state index in [1.165, 1.54) is 19.3 Å². The van der Waals surface area contributed by atoms with Gasteiger partial charge in [0, 0.05) is 5.92 Å². The van der Waals surface area contributed by atoms with E-state index < -0.39 is 0 Å². The van der Waals surface area contributed by atoms with Crippen molar-refractivity contribution < 1.29 is 14.3 Å². The van der Waals surface area contributed by atoms with Crippen LogP contribution in [0.3, 0.4) is 0 Å². The van der Waals surface area contributed by atoms with Crippen LogP contribution in [0.5, 0.6) is 0 Å². The van der Waals surface area contributed by atoms with Crippen molar-refractivity contribution in [3.05, 3.63) is 0 Å². The Morgan fingerprint density at radius 2 is 2.06 bits per heavy atom. The number of carbonyl (C=O) groups is 1. The highest BCUT2D eigenvalue weighted by Crippen LogP contribution is 2.63. The summed E-state index contributed by atoms with van der Waals surface area (Å²) < 4.78 is 11.2. The molecule has 2 saturated carbocycles. The molecule has 7 atom stereocenters. The second-order valence-electron chi connectivity index (χ2n) is 6.74. The first kappa shape index (κ1) is 10.4. The molecule has 0 aromatic heterocycles. The minimum atomic E-state index is -0.248. The fourth-order valence-electron chi connectivity index (χ4n) is 4.84. The average Bonchev–Trinajstić information content (AvgIpc) is 3.02. The number of esters is 1. The number of hydrogen-bond acceptors (Lipinski definition) is 3. The smallest absolute Gasteiger partial charge is 0.312 e. The first-order valence-electron chi connectivity index (χ1n) is 6.95. The molecule has 0 aromatic rings. The number of rotatable bonds is 0. The Morgan fingerprint density at radius 1 is 1.24 bits per heavy atom. The van der Waals surface area contributed by atoms with E-state index in [0.717, 1.165) is 5.92 Å². The van der Waals surface area contributed by atoms with Crippen molar-refractivity contribution in [3.8, 4) is 0 Å². The van der Waals surface area contributed by atoms with Crippen molar-refractivity contribution in [2.24, 2.45) is 29.1 Å². The summed E-state index contributed by atoms with van der Waals surface area (Å²) in [5, 5.41) is 0. The van der Waals surface area contributed by atoms with Crippen molar-refractivity contribution >= 4 is 5.97 Å². The van der Waals surface area contributed by atoms with Crippen LogP contribution in [0.25, 0.3) is 0 Å². The summed E-state index contributed by atoms with van der Waals surface area (Å²) in [7, 11) is 0. The Hall–Kier alpha value is -0.570. The quantitative estimate of drug-likeness (QED) is 0.477. The molecule has 0 spiro atoms. The maximum atomic E-state index is 12.2. The predicted octanol–water partition coefficient (Wildman–Crippen LogP) is 2.00. The highest BCUT2D eigenvalue weighted by Gasteiger charge is 2.70. The minimum absolute atomic E-state index is 0.0426. The third-order valence-electron chi connectivity index (χ3n) is 5.92. The molecule has 4 fully saturated rings. The van der Waals surface area contributed by atoms with Crippen molar-refractivity contribution in [1.29, 1.82) is 0 Å². The molecule has 2 heterocycles. The monoisotopic (exact) mass is 236 g/mol. The number of hydrogen-bond donors (Lipinski definition) is 0. The van der Waals surface area contributed by atoms with Crippen LogP contribution in [0, 0.1) is 29.1 Å². The van der Waals surface area contributed by atoms with Gasteiger partial charge in [0.2, 0.25) is 0 Å². The van der Waals surface area contributed by atoms with Crippen LogP contribution in [0.15, 0.2) is 0 Å². The lowest BCUT2D eigenvalue weighted by Crippen LogP contribution is -2.51. The molecule has 0 bridgehead atoms. The second kappa shape index (κ2) is 3.05. The summed E-state index contributed by atoms with van der Waals surface area (Å²) in [5.74, 6) is 2.27. The molecule has 0 unspecified atom stereocenters. The molecular formula is C14H20O3. The standard InChI is InChI=1S/C14H20O3/c1-7-3-4-9-8(5-7)11-12(17-11)10-6-16-13(15)14(9,10)2/h7-12H,3-6H2,1-2H3/t7-,8-,9-,10-,11-,12+,14+/m0/s1. The fraction of sp³-hybridized carbons (Fsp3) is 0.929. The molecule has 4 rings (SSSR count). The van der Waals surface area contributed by atoms with Crippen LogP contribution < -0.4 is 0 Å². The highest BCUT2D eigenvalue weighted by atomic mass is 16.6. The fourth-order valence-corrected chi connectivity index (χ4v) is 4.84. The molecule has 17 heavy (non-hydrogen) atoms. The number of carbonyl (C=O) groups excluding carboxylic acids is 1. The molecule has 2 aliphatic heterocycles. The summed E-state index contributed by atoms with van der Waals surface area (Å²) in [5.41, 5.74) is -0.248. The van der Waals surface area contributed by atoms with Gasteiger partial charge in [-0.05, 0) is 37.5 Å². The molecule has 3 nitrogen and oxygen atoms in total. The van der Waals surface area contributed by atoms with Crippen LogP contribution in [0.4, 0.5) is 0 Å². The van der Waals surface area contributed by atoms with Crippen molar-refractivity contribution in [2.45, 2.75) is 45.3 Å². The van der Waals surface area contributed by atoms with E-state index in [1.54, 1.807) is 0 Å². The lowest BCUT2D eigenvalue weighted by Gasteiger charge is -2.46. The summed E-state index contributed by atoms with van der Waals surface area (Å²) in [4.78, 5) is 12.2. The first-order valence-corrected chi connectivity index (χ1v) is 6.95. The van der Waals surface area contributed by atoms with Crippen molar-refractivity contribution in [1.82, 2.24) is 0 Å². The molecule has 0 aromatic carbocycles. The Bertz CT molecular complexity index is 380. The Balaban J connectivity index is 1.74. The van der Waals surface area contributed by atoms with Crippen LogP contribution in [-0.2, 0) is 14.3 Å². The minimum Gasteiger partial charge on any atom is -0.465 e. The van der Waals surface area contributed by atoms with Gasteiger partial charge in [-0.3, -0.25) is 4.79 Å². The van der Waals surface area contributed by atoms with Gasteiger partial charge in [0.1, 0.15) is 0 Å². The summed E-state index contributed by atoms with van der Waals surface area (Å²) >= 11 is 0. The third-order valence-corrected chi connectivity index (χ3v) is 5.92. The van der Waals surface area contributed by atoms with Gasteiger partial charge >= 0.3 is 5.97 Å². The van der Waals surface area contributed by atoms with E-state index in [4.69, 9.17) is 9.47 Å².